The molecule has 0 radical (unpaired) electrons. The minimum Gasteiger partial charge on any atom is -0.461 e. The molecular weight excluding hydrogens is 394 g/mol. The van der Waals surface area contributed by atoms with Gasteiger partial charge in [0.1, 0.15) is 0 Å². The molecule has 3 nitrogen and oxygen atoms in total. The Balaban J connectivity index is 3.11. The number of pyridine rings is 1. The summed E-state index contributed by atoms with van der Waals surface area (Å²) in [5.74, 6) is -0.413. The summed E-state index contributed by atoms with van der Waals surface area (Å²) in [4.78, 5) is 15.6. The van der Waals surface area contributed by atoms with E-state index in [0.29, 0.717) is 12.3 Å². The van der Waals surface area contributed by atoms with Crippen LogP contribution in [-0.2, 0) is 4.74 Å². The van der Waals surface area contributed by atoms with E-state index in [1.165, 1.54) is 0 Å². The van der Waals surface area contributed by atoms with Crippen molar-refractivity contribution < 1.29 is 9.53 Å². The molecule has 15 heavy (non-hydrogen) atoms. The van der Waals surface area contributed by atoms with Crippen LogP contribution in [0, 0.1) is 0 Å². The summed E-state index contributed by atoms with van der Waals surface area (Å²) in [7, 11) is 0. The van der Waals surface area contributed by atoms with Crippen LogP contribution in [-0.4, -0.2) is 17.6 Å². The Morgan fingerprint density at radius 2 is 2.27 bits per heavy atom. The SMILES string of the molecule is CCOC(=O)c1ncc(Br)cc1C(Br)Br. The van der Waals surface area contributed by atoms with E-state index in [1.54, 1.807) is 13.1 Å². The van der Waals surface area contributed by atoms with E-state index in [9.17, 15) is 4.79 Å². The van der Waals surface area contributed by atoms with Crippen LogP contribution in [0.15, 0.2) is 16.7 Å². The zero-order valence-corrected chi connectivity index (χ0v) is 12.6. The average Bonchev–Trinajstić information content (AvgIpc) is 2.17. The molecule has 0 fully saturated rings. The van der Waals surface area contributed by atoms with Gasteiger partial charge >= 0.3 is 5.97 Å². The van der Waals surface area contributed by atoms with Crippen LogP contribution in [0.2, 0.25) is 0 Å². The van der Waals surface area contributed by atoms with Gasteiger partial charge in [-0.15, -0.1) is 0 Å². The van der Waals surface area contributed by atoms with Crippen LogP contribution < -0.4 is 0 Å². The fourth-order valence-electron chi connectivity index (χ4n) is 0.991. The number of hydrogen-bond acceptors (Lipinski definition) is 3. The molecule has 0 atom stereocenters. The highest BCUT2D eigenvalue weighted by Gasteiger charge is 2.18. The summed E-state index contributed by atoms with van der Waals surface area (Å²) < 4.78 is 5.58. The van der Waals surface area contributed by atoms with Crippen LogP contribution in [0.1, 0.15) is 26.7 Å². The van der Waals surface area contributed by atoms with Gasteiger partial charge in [0.15, 0.2) is 5.69 Å². The molecule has 0 saturated heterocycles. The number of hydrogen-bond donors (Lipinski definition) is 0. The minimum absolute atomic E-state index is 0.130. The highest BCUT2D eigenvalue weighted by Crippen LogP contribution is 2.32. The van der Waals surface area contributed by atoms with Gasteiger partial charge in [0, 0.05) is 16.2 Å². The van der Waals surface area contributed by atoms with Gasteiger partial charge < -0.3 is 4.74 Å². The van der Waals surface area contributed by atoms with Crippen LogP contribution in [0.3, 0.4) is 0 Å². The van der Waals surface area contributed by atoms with Crippen molar-refractivity contribution in [2.45, 2.75) is 10.7 Å². The molecule has 0 N–H and O–H groups in total. The minimum atomic E-state index is -0.413. The molecule has 0 unspecified atom stereocenters. The number of aromatic nitrogens is 1. The van der Waals surface area contributed by atoms with E-state index in [2.05, 4.69) is 52.8 Å². The summed E-state index contributed by atoms with van der Waals surface area (Å²) in [6.45, 7) is 2.10. The van der Waals surface area contributed by atoms with Gasteiger partial charge in [-0.1, -0.05) is 31.9 Å². The van der Waals surface area contributed by atoms with Gasteiger partial charge in [-0.05, 0) is 28.9 Å². The predicted octanol–water partition coefficient (Wildman–Crippen LogP) is 3.81. The zero-order valence-electron chi connectivity index (χ0n) is 7.84. The van der Waals surface area contributed by atoms with Crippen molar-refractivity contribution in [2.75, 3.05) is 6.61 Å². The lowest BCUT2D eigenvalue weighted by molar-refractivity contribution is 0.0518. The summed E-state index contributed by atoms with van der Waals surface area (Å²) in [5, 5.41) is 0. The number of alkyl halides is 2. The van der Waals surface area contributed by atoms with Gasteiger partial charge in [0.25, 0.3) is 0 Å². The molecule has 0 saturated carbocycles. The molecule has 1 aromatic rings. The molecule has 1 heterocycles. The van der Waals surface area contributed by atoms with Crippen molar-refractivity contribution in [1.82, 2.24) is 4.98 Å². The summed E-state index contributed by atoms with van der Waals surface area (Å²) in [5.41, 5.74) is 1.06. The van der Waals surface area contributed by atoms with Crippen molar-refractivity contribution in [3.63, 3.8) is 0 Å². The average molecular weight is 402 g/mol. The molecule has 0 aromatic carbocycles. The first kappa shape index (κ1) is 13.1. The van der Waals surface area contributed by atoms with Gasteiger partial charge in [-0.25, -0.2) is 9.78 Å². The maximum absolute atomic E-state index is 11.5. The van der Waals surface area contributed by atoms with E-state index < -0.39 is 5.97 Å². The first-order valence-corrected chi connectivity index (χ1v) is 6.79. The van der Waals surface area contributed by atoms with Crippen LogP contribution in [0.25, 0.3) is 0 Å². The third-order valence-corrected chi connectivity index (χ3v) is 3.01. The van der Waals surface area contributed by atoms with Crippen LogP contribution in [0.4, 0.5) is 0 Å². The second kappa shape index (κ2) is 5.96. The molecule has 82 valence electrons. The number of carbonyl (C=O) groups is 1. The lowest BCUT2D eigenvalue weighted by atomic mass is 10.2. The summed E-state index contributed by atoms with van der Waals surface area (Å²) in [6, 6.07) is 1.81. The van der Waals surface area contributed by atoms with Gasteiger partial charge in [-0.3, -0.25) is 0 Å². The quantitative estimate of drug-likeness (QED) is 0.571. The summed E-state index contributed by atoms with van der Waals surface area (Å²) in [6.07, 6.45) is 1.57. The Kier molecular flexibility index (Phi) is 5.22. The highest BCUT2D eigenvalue weighted by atomic mass is 79.9. The van der Waals surface area contributed by atoms with Crippen molar-refractivity contribution in [3.05, 3.63) is 28.0 Å². The molecule has 0 bridgehead atoms. The first-order valence-electron chi connectivity index (χ1n) is 4.17. The van der Waals surface area contributed by atoms with Crippen LogP contribution >= 0.6 is 47.8 Å². The molecule has 0 aliphatic heterocycles. The maximum atomic E-state index is 11.5. The summed E-state index contributed by atoms with van der Waals surface area (Å²) >= 11 is 9.97. The van der Waals surface area contributed by atoms with Crippen LogP contribution in [0.5, 0.6) is 0 Å². The number of rotatable bonds is 3. The van der Waals surface area contributed by atoms with E-state index in [4.69, 9.17) is 4.74 Å². The Labute approximate surface area is 113 Å². The zero-order chi connectivity index (χ0) is 11.4. The Hall–Kier alpha value is 0.0600. The van der Waals surface area contributed by atoms with Gasteiger partial charge in [0.2, 0.25) is 0 Å². The van der Waals surface area contributed by atoms with Crippen molar-refractivity contribution >= 4 is 53.8 Å². The molecule has 6 heteroatoms. The first-order chi connectivity index (χ1) is 7.06. The fraction of sp³-hybridized carbons (Fsp3) is 0.333. The Bertz CT molecular complexity index is 368. The lowest BCUT2D eigenvalue weighted by Crippen LogP contribution is -2.10. The molecule has 1 rings (SSSR count). The van der Waals surface area contributed by atoms with E-state index in [0.717, 1.165) is 10.0 Å². The third kappa shape index (κ3) is 3.53. The molecule has 1 aromatic heterocycles. The highest BCUT2D eigenvalue weighted by molar-refractivity contribution is 9.24. The number of ether oxygens (including phenoxy) is 1. The number of nitrogens with zero attached hydrogens (tertiary/aromatic N) is 1. The predicted molar refractivity (Wildman–Crippen MR) is 68.5 cm³/mol. The number of esters is 1. The maximum Gasteiger partial charge on any atom is 0.357 e. The van der Waals surface area contributed by atoms with Gasteiger partial charge in [-0.2, -0.15) is 0 Å². The second-order valence-corrected chi connectivity index (χ2v) is 6.59. The topological polar surface area (TPSA) is 39.2 Å². The van der Waals surface area contributed by atoms with E-state index >= 15 is 0 Å². The Morgan fingerprint density at radius 3 is 2.80 bits per heavy atom. The fourth-order valence-corrected chi connectivity index (χ4v) is 2.04. The standard InChI is InChI=1S/C9H8Br3NO2/c1-2-15-9(14)7-6(8(11)12)3-5(10)4-13-7/h3-4,8H,2H2,1H3. The van der Waals surface area contributed by atoms with Crippen molar-refractivity contribution in [3.8, 4) is 0 Å². The van der Waals surface area contributed by atoms with Gasteiger partial charge in [0.05, 0.1) is 10.3 Å². The monoisotopic (exact) mass is 399 g/mol. The molecular formula is C9H8Br3NO2. The lowest BCUT2D eigenvalue weighted by Gasteiger charge is -2.08. The normalized spacial score (nSPS) is 10.5. The molecule has 0 amide bonds. The van der Waals surface area contributed by atoms with E-state index in [1.807, 2.05) is 6.07 Å². The van der Waals surface area contributed by atoms with Crippen molar-refractivity contribution in [1.29, 1.82) is 0 Å². The number of halogens is 3. The third-order valence-electron chi connectivity index (χ3n) is 1.59. The Morgan fingerprint density at radius 1 is 1.60 bits per heavy atom. The number of carbonyl (C=O) groups excluding carboxylic acids is 1. The smallest absolute Gasteiger partial charge is 0.357 e. The largest absolute Gasteiger partial charge is 0.461 e. The molecule has 0 aliphatic rings. The van der Waals surface area contributed by atoms with Crippen molar-refractivity contribution in [2.24, 2.45) is 0 Å². The van der Waals surface area contributed by atoms with E-state index in [-0.39, 0.29) is 3.74 Å². The molecule has 0 spiro atoms. The molecule has 0 aliphatic carbocycles. The second-order valence-electron chi connectivity index (χ2n) is 2.61.